The van der Waals surface area contributed by atoms with E-state index in [0.717, 1.165) is 22.7 Å². The van der Waals surface area contributed by atoms with Crippen LogP contribution in [0, 0.1) is 11.3 Å². The lowest BCUT2D eigenvalue weighted by Gasteiger charge is -2.44. The van der Waals surface area contributed by atoms with Gasteiger partial charge in [-0.15, -0.1) is 11.3 Å². The zero-order valence-electron chi connectivity index (χ0n) is 19.6. The van der Waals surface area contributed by atoms with Crippen molar-refractivity contribution in [1.29, 1.82) is 0 Å². The van der Waals surface area contributed by atoms with Gasteiger partial charge in [-0.1, -0.05) is 13.8 Å². The van der Waals surface area contributed by atoms with E-state index in [0.29, 0.717) is 22.7 Å². The van der Waals surface area contributed by atoms with Crippen LogP contribution >= 0.6 is 11.3 Å². The van der Waals surface area contributed by atoms with Gasteiger partial charge < -0.3 is 21.3 Å². The lowest BCUT2D eigenvalue weighted by atomic mass is 9.63. The number of nitrogens with two attached hydrogens (primary N) is 1. The molecule has 1 fully saturated rings. The van der Waals surface area contributed by atoms with Crippen molar-refractivity contribution >= 4 is 28.9 Å². The third kappa shape index (κ3) is 5.35. The Morgan fingerprint density at radius 3 is 2.67 bits per heavy atom. The van der Waals surface area contributed by atoms with Gasteiger partial charge in [0.2, 0.25) is 5.95 Å². The van der Waals surface area contributed by atoms with Gasteiger partial charge in [-0.2, -0.15) is 13.2 Å². The van der Waals surface area contributed by atoms with Crippen molar-refractivity contribution in [3.8, 4) is 10.4 Å². The number of aromatic nitrogens is 3. The topological polar surface area (TPSA) is 134 Å². The van der Waals surface area contributed by atoms with E-state index in [1.165, 1.54) is 11.3 Å². The molecule has 1 aliphatic carbocycles. The average Bonchev–Trinajstić information content (AvgIpc) is 3.29. The molecule has 192 valence electrons. The van der Waals surface area contributed by atoms with Crippen molar-refractivity contribution in [1.82, 2.24) is 15.0 Å². The highest BCUT2D eigenvalue weighted by Gasteiger charge is 2.49. The molecule has 0 unspecified atom stereocenters. The second kappa shape index (κ2) is 9.41. The predicted octanol–water partition coefficient (Wildman–Crippen LogP) is 4.92. The van der Waals surface area contributed by atoms with E-state index in [9.17, 15) is 28.2 Å². The molecule has 0 aliphatic heterocycles. The molecule has 1 aliphatic rings. The van der Waals surface area contributed by atoms with Crippen LogP contribution < -0.4 is 11.1 Å². The Morgan fingerprint density at radius 1 is 1.28 bits per heavy atom. The van der Waals surface area contributed by atoms with E-state index in [4.69, 9.17) is 5.73 Å². The first kappa shape index (κ1) is 26.0. The Hall–Kier alpha value is -3.09. The maximum Gasteiger partial charge on any atom is 0.433 e. The first-order valence-corrected chi connectivity index (χ1v) is 12.1. The number of rotatable bonds is 6. The van der Waals surface area contributed by atoms with Crippen LogP contribution in [-0.2, 0) is 23.1 Å². The van der Waals surface area contributed by atoms with Crippen molar-refractivity contribution in [3.63, 3.8) is 0 Å². The smallest absolute Gasteiger partial charge is 0.433 e. The molecule has 8 nitrogen and oxygen atoms in total. The van der Waals surface area contributed by atoms with Crippen molar-refractivity contribution in [2.24, 2.45) is 17.1 Å². The number of halogens is 3. The van der Waals surface area contributed by atoms with E-state index in [2.05, 4.69) is 20.3 Å². The van der Waals surface area contributed by atoms with Crippen LogP contribution in [0.15, 0.2) is 36.7 Å². The number of nitrogens with zero attached hydrogens (tertiary/aromatic N) is 3. The minimum Gasteiger partial charge on any atom is -0.481 e. The summed E-state index contributed by atoms with van der Waals surface area (Å²) in [7, 11) is 0. The minimum atomic E-state index is -4.60. The fourth-order valence-electron chi connectivity index (χ4n) is 4.73. The largest absolute Gasteiger partial charge is 0.481 e. The number of hydrogen-bond acceptors (Lipinski definition) is 8. The first-order valence-electron chi connectivity index (χ1n) is 11.2. The van der Waals surface area contributed by atoms with Crippen molar-refractivity contribution in [2.75, 3.05) is 5.32 Å². The second-order valence-corrected chi connectivity index (χ2v) is 10.7. The van der Waals surface area contributed by atoms with Crippen LogP contribution in [0.1, 0.15) is 49.4 Å². The molecule has 0 saturated heterocycles. The summed E-state index contributed by atoms with van der Waals surface area (Å²) in [6, 6.07) is 6.04. The molecule has 5 N–H and O–H groups in total. The first-order chi connectivity index (χ1) is 16.8. The molecule has 2 heterocycles. The number of aliphatic carboxylic acids is 1. The number of carboxylic acids is 1. The van der Waals surface area contributed by atoms with E-state index in [-0.39, 0.29) is 25.3 Å². The van der Waals surface area contributed by atoms with E-state index >= 15 is 0 Å². The number of carboxylic acid groups (broad SMARTS) is 1. The lowest BCUT2D eigenvalue weighted by Crippen LogP contribution is -2.44. The summed E-state index contributed by atoms with van der Waals surface area (Å²) in [5.41, 5.74) is 4.79. The van der Waals surface area contributed by atoms with Gasteiger partial charge in [0.1, 0.15) is 16.3 Å². The zero-order chi connectivity index (χ0) is 26.3. The van der Waals surface area contributed by atoms with Gasteiger partial charge in [-0.25, -0.2) is 15.0 Å². The van der Waals surface area contributed by atoms with Gasteiger partial charge in [0.15, 0.2) is 0 Å². The Morgan fingerprint density at radius 2 is 2.03 bits per heavy atom. The molecule has 0 radical (unpaired) electrons. The van der Waals surface area contributed by atoms with Gasteiger partial charge in [-0.3, -0.25) is 4.79 Å². The average molecular weight is 522 g/mol. The van der Waals surface area contributed by atoms with Crippen LogP contribution in [-0.4, -0.2) is 31.1 Å². The number of benzene rings is 1. The number of anilines is 2. The van der Waals surface area contributed by atoms with Crippen LogP contribution in [0.4, 0.5) is 24.8 Å². The maximum atomic E-state index is 13.0. The summed E-state index contributed by atoms with van der Waals surface area (Å²) in [6.07, 6.45) is -1.07. The fraction of sp³-hybridized carbons (Fsp3) is 0.417. The lowest BCUT2D eigenvalue weighted by molar-refractivity contribution is -0.154. The third-order valence-corrected chi connectivity index (χ3v) is 7.69. The van der Waals surface area contributed by atoms with Gasteiger partial charge in [0.05, 0.1) is 10.8 Å². The van der Waals surface area contributed by atoms with Crippen LogP contribution in [0.5, 0.6) is 0 Å². The number of aliphatic hydroxyl groups is 1. The van der Waals surface area contributed by atoms with E-state index < -0.39 is 34.8 Å². The quantitative estimate of drug-likeness (QED) is 0.359. The molecule has 36 heavy (non-hydrogen) atoms. The van der Waals surface area contributed by atoms with Gasteiger partial charge >= 0.3 is 12.1 Å². The van der Waals surface area contributed by atoms with Crippen molar-refractivity contribution in [2.45, 2.75) is 51.4 Å². The molecule has 0 spiro atoms. The normalized spacial score (nSPS) is 21.8. The highest BCUT2D eigenvalue weighted by molar-refractivity contribution is 7.15. The predicted molar refractivity (Wildman–Crippen MR) is 128 cm³/mol. The van der Waals surface area contributed by atoms with Gasteiger partial charge in [0.25, 0.3) is 0 Å². The molecule has 1 saturated carbocycles. The Bertz CT molecular complexity index is 1280. The zero-order valence-corrected chi connectivity index (χ0v) is 20.5. The molecule has 4 rings (SSSR count). The summed E-state index contributed by atoms with van der Waals surface area (Å²) in [6.45, 7) is 3.86. The second-order valence-electron chi connectivity index (χ2n) is 9.67. The van der Waals surface area contributed by atoms with E-state index in [1.54, 1.807) is 18.3 Å². The Balaban J connectivity index is 1.62. The monoisotopic (exact) mass is 521 g/mol. The summed E-state index contributed by atoms with van der Waals surface area (Å²) in [4.78, 5) is 24.2. The Kier molecular flexibility index (Phi) is 6.80. The highest BCUT2D eigenvalue weighted by Crippen LogP contribution is 2.51. The standard InChI is InChI=1S/C24H26F3N5O3S/c1-22(2)12-23(35,5-3-16(22)19(33)34)20-30-11-17(36-20)14-7-13(10-28)8-15(9-14)31-21-29-6-4-18(32-21)24(25,26)27/h4,6-9,11,16,35H,3,5,10,12,28H2,1-2H3,(H,33,34)(H,29,31,32)/t16-,23-/m1/s1. The third-order valence-electron chi connectivity index (χ3n) is 6.46. The van der Waals surface area contributed by atoms with Gasteiger partial charge in [-0.05, 0) is 60.1 Å². The van der Waals surface area contributed by atoms with Crippen molar-refractivity contribution < 1.29 is 28.2 Å². The van der Waals surface area contributed by atoms with Gasteiger partial charge in [0, 0.05) is 24.6 Å². The summed E-state index contributed by atoms with van der Waals surface area (Å²) in [5, 5.41) is 24.2. The molecular weight excluding hydrogens is 495 g/mol. The number of nitrogens with one attached hydrogen (secondary N) is 1. The SMILES string of the molecule is CC1(C)C[C@@](O)(c2ncc(-c3cc(CN)cc(Nc4nccc(C(F)(F)F)n4)c3)s2)CC[C@@H]1C(=O)O. The highest BCUT2D eigenvalue weighted by atomic mass is 32.1. The molecule has 12 heteroatoms. The fourth-order valence-corrected chi connectivity index (χ4v) is 5.75. The minimum absolute atomic E-state index is 0.187. The van der Waals surface area contributed by atoms with Crippen LogP contribution in [0.2, 0.25) is 0 Å². The number of alkyl halides is 3. The molecular formula is C24H26F3N5O3S. The van der Waals surface area contributed by atoms with Crippen LogP contribution in [0.25, 0.3) is 10.4 Å². The molecule has 0 bridgehead atoms. The van der Waals surface area contributed by atoms with Crippen LogP contribution in [0.3, 0.4) is 0 Å². The molecule has 0 amide bonds. The number of thiazole rings is 1. The van der Waals surface area contributed by atoms with Crippen molar-refractivity contribution in [3.05, 3.63) is 52.9 Å². The Labute approximate surface area is 209 Å². The summed E-state index contributed by atoms with van der Waals surface area (Å²) < 4.78 is 39.1. The molecule has 2 atom stereocenters. The molecule has 3 aromatic rings. The molecule has 2 aromatic heterocycles. The molecule has 1 aromatic carbocycles. The van der Waals surface area contributed by atoms with E-state index in [1.807, 2.05) is 19.9 Å². The maximum absolute atomic E-state index is 13.0. The summed E-state index contributed by atoms with van der Waals surface area (Å²) in [5.74, 6) is -1.63. The number of carbonyl (C=O) groups is 1. The summed E-state index contributed by atoms with van der Waals surface area (Å²) >= 11 is 1.28. The number of hydrogen-bond donors (Lipinski definition) is 4.